The Morgan fingerprint density at radius 3 is 1.09 bits per heavy atom. The first kappa shape index (κ1) is 61.6. The molecule has 0 aromatic heterocycles. The van der Waals surface area contributed by atoms with Gasteiger partial charge in [-0.3, -0.25) is 0 Å². The molecule has 0 saturated carbocycles. The van der Waals surface area contributed by atoms with Crippen LogP contribution in [0.15, 0.2) is 0 Å². The van der Waals surface area contributed by atoms with Crippen molar-refractivity contribution in [1.29, 1.82) is 0 Å². The summed E-state index contributed by atoms with van der Waals surface area (Å²) >= 11 is 0. The third-order valence-corrected chi connectivity index (χ3v) is 15.2. The number of hydrogen-bond donors (Lipinski definition) is 9. The highest BCUT2D eigenvalue weighted by Gasteiger charge is 2.49. The fraction of sp³-hybridized carbons (Fsp3) is 1.00. The number of epoxide rings is 1. The molecule has 17 nitrogen and oxygen atoms in total. The van der Waals surface area contributed by atoms with E-state index in [1.165, 1.54) is 25.3 Å². The Balaban J connectivity index is 0.000000259. The zero-order chi connectivity index (χ0) is 52.7. The van der Waals surface area contributed by atoms with Gasteiger partial charge in [0.2, 0.25) is 0 Å². The van der Waals surface area contributed by atoms with Crippen molar-refractivity contribution in [2.24, 2.45) is 5.73 Å². The molecule has 6 fully saturated rings. The van der Waals surface area contributed by atoms with E-state index in [2.05, 4.69) is 33.0 Å². The topological polar surface area (TPSA) is 227 Å². The highest BCUT2D eigenvalue weighted by molar-refractivity contribution is 5.01. The second kappa shape index (κ2) is 22.0. The van der Waals surface area contributed by atoms with Crippen molar-refractivity contribution < 1.29 is 50.5 Å². The first-order chi connectivity index (χ1) is 30.4. The van der Waals surface area contributed by atoms with E-state index in [-0.39, 0.29) is 92.4 Å². The van der Waals surface area contributed by atoms with Gasteiger partial charge in [0, 0.05) is 74.0 Å². The number of aliphatic hydroxyl groups is 2. The fourth-order valence-electron chi connectivity index (χ4n) is 12.6. The number of nitrogens with one attached hydrogen (secondary N) is 1. The van der Waals surface area contributed by atoms with Crippen molar-refractivity contribution in [3.05, 3.63) is 0 Å². The lowest BCUT2D eigenvalue weighted by molar-refractivity contribution is -0.262. The molecule has 0 spiro atoms. The maximum Gasteiger partial charge on any atom is 0.104 e. The Morgan fingerprint density at radius 1 is 0.485 bits per heavy atom. The summed E-state index contributed by atoms with van der Waals surface area (Å²) in [6.07, 6.45) is 7.45. The van der Waals surface area contributed by atoms with Crippen LogP contribution < -0.4 is 11.1 Å². The monoisotopic (exact) mass is 976 g/mol. The zero-order valence-corrected chi connectivity index (χ0v) is 46.6. The minimum atomic E-state index is -0.586. The third kappa shape index (κ3) is 16.7. The van der Waals surface area contributed by atoms with E-state index in [9.17, 15) is 36.2 Å². The van der Waals surface area contributed by atoms with Crippen LogP contribution in [0.3, 0.4) is 0 Å². The number of nitrogens with zero attached hydrogens (tertiary/aromatic N) is 5. The Morgan fingerprint density at radius 2 is 0.765 bits per heavy atom. The van der Waals surface area contributed by atoms with E-state index in [1.54, 1.807) is 0 Å². The third-order valence-electron chi connectivity index (χ3n) is 15.2. The maximum atomic E-state index is 10.4. The van der Waals surface area contributed by atoms with Crippen LogP contribution in [0.1, 0.15) is 203 Å². The molecule has 10 N–H and O–H groups in total. The normalized spacial score (nSPS) is 31.0. The largest absolute Gasteiger partial charge is 0.393 e. The van der Waals surface area contributed by atoms with Crippen LogP contribution in [-0.4, -0.2) is 186 Å². The first-order valence-corrected chi connectivity index (χ1v) is 25.6. The molecule has 0 aliphatic carbocycles. The summed E-state index contributed by atoms with van der Waals surface area (Å²) in [5.74, 6) is 0. The molecular formula is C51H105N7O10. The van der Waals surface area contributed by atoms with Crippen LogP contribution in [0, 0.1) is 0 Å². The minimum Gasteiger partial charge on any atom is -0.393 e. The van der Waals surface area contributed by atoms with Gasteiger partial charge >= 0.3 is 0 Å². The average Bonchev–Trinajstić information content (AvgIpc) is 3.98. The Kier molecular flexibility index (Phi) is 20.0. The molecule has 0 aromatic rings. The number of ether oxygens (including phenoxy) is 3. The van der Waals surface area contributed by atoms with Gasteiger partial charge in [-0.25, -0.2) is 0 Å². The lowest BCUT2D eigenvalue weighted by Gasteiger charge is -2.51. The molecule has 0 radical (unpaired) electrons. The van der Waals surface area contributed by atoms with Crippen LogP contribution >= 0.6 is 0 Å². The Labute approximate surface area is 412 Å². The zero-order valence-electron chi connectivity index (χ0n) is 46.6. The van der Waals surface area contributed by atoms with Gasteiger partial charge in [-0.1, -0.05) is 0 Å². The number of hydroxylamine groups is 10. The minimum absolute atomic E-state index is 0.0125. The highest BCUT2D eigenvalue weighted by Crippen LogP contribution is 2.41. The summed E-state index contributed by atoms with van der Waals surface area (Å²) in [5.41, 5.74) is 3.11. The van der Waals surface area contributed by atoms with Crippen molar-refractivity contribution in [2.75, 3.05) is 26.4 Å². The predicted octanol–water partition coefficient (Wildman–Crippen LogP) is 7.33. The summed E-state index contributed by atoms with van der Waals surface area (Å²) < 4.78 is 17.0. The standard InChI is InChI=1S/C21H43N3O4.C12H23NO3.C9H20N2O.C9H19NO2/c1-18(2)9-15(10-19(3,4)23(18)26)22-13-16(25)14-28-17-11-20(5,6)24(27)21(7,8)12-17;1-11(2)5-9(15-7-10-8-16-10)6-12(3,4)13(11)14;1-8(2)5-7(10)6-9(3,4)11(8)12;1-8(2)5-7(11)6-9(3,4)10(8)12/h15-17,22,25-27H,9-14H2,1-8H3;9-10,14H,5-8H2,1-4H3;7,12H,5-6,10H2,1-4H3;7,11-12H,5-6H2,1-4H3. The van der Waals surface area contributed by atoms with E-state index in [1.807, 2.05) is 111 Å². The van der Waals surface area contributed by atoms with Gasteiger partial charge < -0.3 is 61.5 Å². The molecule has 0 bridgehead atoms. The number of aliphatic hydroxyl groups excluding tert-OH is 2. The molecule has 17 heteroatoms. The van der Waals surface area contributed by atoms with Crippen LogP contribution in [0.4, 0.5) is 0 Å². The number of piperidine rings is 5. The van der Waals surface area contributed by atoms with Gasteiger partial charge in [0.15, 0.2) is 0 Å². The van der Waals surface area contributed by atoms with Crippen molar-refractivity contribution in [1.82, 2.24) is 30.6 Å². The van der Waals surface area contributed by atoms with Gasteiger partial charge in [-0.2, -0.15) is 25.3 Å². The molecule has 2 atom stereocenters. The van der Waals surface area contributed by atoms with Gasteiger partial charge in [0.1, 0.15) is 6.10 Å². The van der Waals surface area contributed by atoms with Crippen LogP contribution in [0.5, 0.6) is 0 Å². The van der Waals surface area contributed by atoms with Crippen LogP contribution in [0.25, 0.3) is 0 Å². The summed E-state index contributed by atoms with van der Waals surface area (Å²) in [6, 6.07) is 0.442. The molecule has 6 aliphatic rings. The van der Waals surface area contributed by atoms with Crippen molar-refractivity contribution in [2.45, 2.75) is 301 Å². The Bertz CT molecular complexity index is 1410. The number of nitrogens with two attached hydrogens (primary N) is 1. The smallest absolute Gasteiger partial charge is 0.104 e. The van der Waals surface area contributed by atoms with E-state index in [0.29, 0.717) is 32.1 Å². The van der Waals surface area contributed by atoms with Crippen molar-refractivity contribution in [3.63, 3.8) is 0 Å². The summed E-state index contributed by atoms with van der Waals surface area (Å²) in [4.78, 5) is 0. The average molecular weight is 976 g/mol. The molecule has 6 aliphatic heterocycles. The molecule has 0 amide bonds. The molecule has 6 saturated heterocycles. The quantitative estimate of drug-likeness (QED) is 0.103. The van der Waals surface area contributed by atoms with Gasteiger partial charge in [0.05, 0.1) is 44.2 Å². The lowest BCUT2D eigenvalue weighted by atomic mass is 9.79. The molecule has 2 unspecified atom stereocenters. The molecule has 404 valence electrons. The predicted molar refractivity (Wildman–Crippen MR) is 266 cm³/mol. The highest BCUT2D eigenvalue weighted by atomic mass is 16.6. The van der Waals surface area contributed by atoms with Crippen LogP contribution in [-0.2, 0) is 14.2 Å². The summed E-state index contributed by atoms with van der Waals surface area (Å²) in [7, 11) is 0. The molecule has 6 rings (SSSR count). The molecule has 68 heavy (non-hydrogen) atoms. The first-order valence-electron chi connectivity index (χ1n) is 25.6. The molecule has 6 heterocycles. The fourth-order valence-corrected chi connectivity index (χ4v) is 12.6. The maximum absolute atomic E-state index is 10.4. The molecular weight excluding hydrogens is 871 g/mol. The second-order valence-corrected chi connectivity index (χ2v) is 27.8. The van der Waals surface area contributed by atoms with Crippen molar-refractivity contribution >= 4 is 0 Å². The van der Waals surface area contributed by atoms with Gasteiger partial charge in [-0.05, 0) is 203 Å². The van der Waals surface area contributed by atoms with Gasteiger partial charge in [-0.15, -0.1) is 0 Å². The van der Waals surface area contributed by atoms with E-state index < -0.39 is 6.10 Å². The number of rotatable bonds is 9. The summed E-state index contributed by atoms with van der Waals surface area (Å²) in [5, 5.41) is 81.2. The Hall–Kier alpha value is -0.680. The van der Waals surface area contributed by atoms with Gasteiger partial charge in [0.25, 0.3) is 0 Å². The molecule has 0 aromatic carbocycles. The number of hydrogen-bond acceptors (Lipinski definition) is 17. The van der Waals surface area contributed by atoms with Crippen molar-refractivity contribution in [3.8, 4) is 0 Å². The lowest BCUT2D eigenvalue weighted by Crippen LogP contribution is -2.63. The van der Waals surface area contributed by atoms with E-state index >= 15 is 0 Å². The second-order valence-electron chi connectivity index (χ2n) is 27.8. The van der Waals surface area contributed by atoms with E-state index in [4.69, 9.17) is 19.9 Å². The SMILES string of the molecule is CC1(C)CC(N)CC(C)(C)N1O.CC1(C)CC(NCC(O)COC2CC(C)(C)N(O)C(C)(C)C2)CC(C)(C)N1O.CC1(C)CC(O)CC(C)(C)N1O.CC1(C)CC(OCC2CO2)CC(C)(C)N1O. The summed E-state index contributed by atoms with van der Waals surface area (Å²) in [6.45, 7) is 42.6. The van der Waals surface area contributed by atoms with Crippen LogP contribution in [0.2, 0.25) is 0 Å². The van der Waals surface area contributed by atoms with E-state index in [0.717, 1.165) is 58.0 Å².